The average molecular weight is 304 g/mol. The fraction of sp³-hybridized carbons (Fsp3) is 0.929. The Morgan fingerprint density at radius 1 is 1.40 bits per heavy atom. The van der Waals surface area contributed by atoms with E-state index >= 15 is 0 Å². The van der Waals surface area contributed by atoms with Gasteiger partial charge in [-0.05, 0) is 31.6 Å². The SMILES string of the molecule is CCCS(=O)(=O)N1CCC[C@H](C(=O)NCCC(C)C)C1. The molecule has 1 atom stereocenters. The lowest BCUT2D eigenvalue weighted by atomic mass is 9.98. The van der Waals surface area contributed by atoms with Gasteiger partial charge in [-0.15, -0.1) is 0 Å². The van der Waals surface area contributed by atoms with Crippen LogP contribution >= 0.6 is 0 Å². The number of carbonyl (C=O) groups excluding carboxylic acids is 1. The second-order valence-corrected chi connectivity index (χ2v) is 8.08. The van der Waals surface area contributed by atoms with Crippen LogP contribution in [0.25, 0.3) is 0 Å². The Morgan fingerprint density at radius 3 is 2.70 bits per heavy atom. The number of amides is 1. The lowest BCUT2D eigenvalue weighted by molar-refractivity contribution is -0.126. The van der Waals surface area contributed by atoms with Crippen molar-refractivity contribution in [2.45, 2.75) is 46.5 Å². The predicted molar refractivity (Wildman–Crippen MR) is 80.8 cm³/mol. The van der Waals surface area contributed by atoms with E-state index in [1.807, 2.05) is 6.92 Å². The summed E-state index contributed by atoms with van der Waals surface area (Å²) in [5, 5.41) is 2.93. The summed E-state index contributed by atoms with van der Waals surface area (Å²) in [7, 11) is -3.18. The lowest BCUT2D eigenvalue weighted by Gasteiger charge is -2.31. The van der Waals surface area contributed by atoms with Crippen LogP contribution < -0.4 is 5.32 Å². The first kappa shape index (κ1) is 17.4. The highest BCUT2D eigenvalue weighted by atomic mass is 32.2. The van der Waals surface area contributed by atoms with E-state index in [1.165, 1.54) is 4.31 Å². The van der Waals surface area contributed by atoms with Gasteiger partial charge in [-0.2, -0.15) is 0 Å². The van der Waals surface area contributed by atoms with Crippen LogP contribution in [0.2, 0.25) is 0 Å². The standard InChI is InChI=1S/C14H28N2O3S/c1-4-10-20(18,19)16-9-5-6-13(11-16)14(17)15-8-7-12(2)3/h12-13H,4-11H2,1-3H3,(H,15,17)/t13-/m0/s1. The fourth-order valence-corrected chi connectivity index (χ4v) is 4.01. The maximum absolute atomic E-state index is 12.1. The van der Waals surface area contributed by atoms with Crippen molar-refractivity contribution in [3.63, 3.8) is 0 Å². The highest BCUT2D eigenvalue weighted by Gasteiger charge is 2.31. The number of piperidine rings is 1. The molecule has 0 aromatic carbocycles. The van der Waals surface area contributed by atoms with E-state index in [4.69, 9.17) is 0 Å². The van der Waals surface area contributed by atoms with E-state index in [-0.39, 0.29) is 17.6 Å². The zero-order chi connectivity index (χ0) is 15.2. The summed E-state index contributed by atoms with van der Waals surface area (Å²) in [6.07, 6.45) is 3.12. The van der Waals surface area contributed by atoms with Crippen LogP contribution in [-0.2, 0) is 14.8 Å². The molecule has 0 spiro atoms. The molecular formula is C14H28N2O3S. The minimum atomic E-state index is -3.18. The van der Waals surface area contributed by atoms with Crippen molar-refractivity contribution in [2.24, 2.45) is 11.8 Å². The van der Waals surface area contributed by atoms with Crippen LogP contribution in [0.4, 0.5) is 0 Å². The van der Waals surface area contributed by atoms with Gasteiger partial charge in [0.05, 0.1) is 11.7 Å². The van der Waals surface area contributed by atoms with E-state index in [1.54, 1.807) is 0 Å². The summed E-state index contributed by atoms with van der Waals surface area (Å²) in [4.78, 5) is 12.1. The molecule has 0 aromatic heterocycles. The molecule has 5 nitrogen and oxygen atoms in total. The zero-order valence-corrected chi connectivity index (χ0v) is 13.7. The third kappa shape index (κ3) is 5.40. The predicted octanol–water partition coefficient (Wildman–Crippen LogP) is 1.60. The molecule has 1 amide bonds. The quantitative estimate of drug-likeness (QED) is 0.777. The Bertz CT molecular complexity index is 407. The van der Waals surface area contributed by atoms with Gasteiger partial charge in [-0.1, -0.05) is 20.8 Å². The smallest absolute Gasteiger partial charge is 0.224 e. The Balaban J connectivity index is 2.50. The number of nitrogens with zero attached hydrogens (tertiary/aromatic N) is 1. The topological polar surface area (TPSA) is 66.5 Å². The highest BCUT2D eigenvalue weighted by Crippen LogP contribution is 2.20. The number of hydrogen-bond acceptors (Lipinski definition) is 3. The molecule has 0 aliphatic carbocycles. The second kappa shape index (κ2) is 7.98. The molecule has 0 unspecified atom stereocenters. The van der Waals surface area contributed by atoms with E-state index in [2.05, 4.69) is 19.2 Å². The number of sulfonamides is 1. The van der Waals surface area contributed by atoms with Crippen molar-refractivity contribution in [3.8, 4) is 0 Å². The molecule has 1 fully saturated rings. The molecule has 1 aliphatic heterocycles. The molecule has 1 aliphatic rings. The van der Waals surface area contributed by atoms with Gasteiger partial charge in [-0.3, -0.25) is 4.79 Å². The maximum atomic E-state index is 12.1. The van der Waals surface area contributed by atoms with Crippen LogP contribution in [0.15, 0.2) is 0 Å². The molecule has 0 aromatic rings. The van der Waals surface area contributed by atoms with Crippen molar-refractivity contribution >= 4 is 15.9 Å². The Labute approximate surface area is 123 Å². The Hall–Kier alpha value is -0.620. The Morgan fingerprint density at radius 2 is 2.10 bits per heavy atom. The molecule has 1 rings (SSSR count). The minimum absolute atomic E-state index is 0.00190. The third-order valence-electron chi connectivity index (χ3n) is 3.63. The number of nitrogens with one attached hydrogen (secondary N) is 1. The van der Waals surface area contributed by atoms with Gasteiger partial charge in [-0.25, -0.2) is 12.7 Å². The molecule has 0 bridgehead atoms. The molecule has 118 valence electrons. The summed E-state index contributed by atoms with van der Waals surface area (Å²) < 4.78 is 25.6. The van der Waals surface area contributed by atoms with Crippen molar-refractivity contribution < 1.29 is 13.2 Å². The first-order valence-corrected chi connectivity index (χ1v) is 9.23. The molecule has 0 saturated carbocycles. The number of carbonyl (C=O) groups is 1. The van der Waals surface area contributed by atoms with E-state index in [0.29, 0.717) is 32.0 Å². The molecule has 0 radical (unpaired) electrons. The van der Waals surface area contributed by atoms with Crippen LogP contribution in [0.1, 0.15) is 46.5 Å². The first-order valence-electron chi connectivity index (χ1n) is 7.62. The van der Waals surface area contributed by atoms with Gasteiger partial charge >= 0.3 is 0 Å². The van der Waals surface area contributed by atoms with Gasteiger partial charge in [0.1, 0.15) is 0 Å². The largest absolute Gasteiger partial charge is 0.356 e. The summed E-state index contributed by atoms with van der Waals surface area (Å²) in [6, 6.07) is 0. The molecule has 1 heterocycles. The first-order chi connectivity index (χ1) is 9.36. The summed E-state index contributed by atoms with van der Waals surface area (Å²) in [5.74, 6) is 0.544. The van der Waals surface area contributed by atoms with Crippen molar-refractivity contribution in [1.29, 1.82) is 0 Å². The van der Waals surface area contributed by atoms with Gasteiger partial charge in [0.15, 0.2) is 0 Å². The van der Waals surface area contributed by atoms with Crippen LogP contribution in [0.5, 0.6) is 0 Å². The van der Waals surface area contributed by atoms with Crippen molar-refractivity contribution in [2.75, 3.05) is 25.4 Å². The monoisotopic (exact) mass is 304 g/mol. The average Bonchev–Trinajstić information content (AvgIpc) is 2.38. The van der Waals surface area contributed by atoms with Gasteiger partial charge in [0.2, 0.25) is 15.9 Å². The van der Waals surface area contributed by atoms with Crippen LogP contribution in [0, 0.1) is 11.8 Å². The van der Waals surface area contributed by atoms with E-state index < -0.39 is 10.0 Å². The molecule has 1 N–H and O–H groups in total. The molecular weight excluding hydrogens is 276 g/mol. The third-order valence-corrected chi connectivity index (χ3v) is 5.67. The normalized spacial score (nSPS) is 21.1. The van der Waals surface area contributed by atoms with E-state index in [0.717, 1.165) is 19.3 Å². The van der Waals surface area contributed by atoms with Crippen molar-refractivity contribution in [3.05, 3.63) is 0 Å². The summed E-state index contributed by atoms with van der Waals surface area (Å²) >= 11 is 0. The fourth-order valence-electron chi connectivity index (χ4n) is 2.42. The van der Waals surface area contributed by atoms with Gasteiger partial charge in [0.25, 0.3) is 0 Å². The number of rotatable bonds is 7. The molecule has 6 heteroatoms. The second-order valence-electron chi connectivity index (χ2n) is 5.99. The van der Waals surface area contributed by atoms with Crippen LogP contribution in [0.3, 0.4) is 0 Å². The number of hydrogen-bond donors (Lipinski definition) is 1. The molecule has 20 heavy (non-hydrogen) atoms. The Kier molecular flexibility index (Phi) is 6.95. The highest BCUT2D eigenvalue weighted by molar-refractivity contribution is 7.89. The summed E-state index contributed by atoms with van der Waals surface area (Å²) in [5.41, 5.74) is 0. The molecule has 1 saturated heterocycles. The zero-order valence-electron chi connectivity index (χ0n) is 12.9. The summed E-state index contributed by atoms with van der Waals surface area (Å²) in [6.45, 7) is 7.66. The van der Waals surface area contributed by atoms with Crippen molar-refractivity contribution in [1.82, 2.24) is 9.62 Å². The minimum Gasteiger partial charge on any atom is -0.356 e. The lowest BCUT2D eigenvalue weighted by Crippen LogP contribution is -2.46. The maximum Gasteiger partial charge on any atom is 0.224 e. The van der Waals surface area contributed by atoms with Crippen LogP contribution in [-0.4, -0.2) is 44.0 Å². The van der Waals surface area contributed by atoms with Gasteiger partial charge < -0.3 is 5.32 Å². The van der Waals surface area contributed by atoms with E-state index in [9.17, 15) is 13.2 Å². The van der Waals surface area contributed by atoms with Gasteiger partial charge in [0, 0.05) is 19.6 Å².